The molecule has 1 heterocycles. The number of carbonyl (C=O) groups excluding carboxylic acids is 1. The number of carbonyl (C=O) groups is 1. The Balaban J connectivity index is 1.98. The Labute approximate surface area is 184 Å². The number of H-pyrrole nitrogens is 1. The maximum absolute atomic E-state index is 13.0. The molecular formula is C22H24ClN3O3S. The predicted molar refractivity (Wildman–Crippen MR) is 122 cm³/mol. The van der Waals surface area contributed by atoms with Gasteiger partial charge in [0, 0.05) is 23.7 Å². The summed E-state index contributed by atoms with van der Waals surface area (Å²) in [6.07, 6.45) is 1.81. The average Bonchev–Trinajstić information content (AvgIpc) is 2.74. The van der Waals surface area contributed by atoms with Gasteiger partial charge in [-0.2, -0.15) is 0 Å². The van der Waals surface area contributed by atoms with Gasteiger partial charge in [-0.1, -0.05) is 43.1 Å². The van der Waals surface area contributed by atoms with Crippen LogP contribution in [0.3, 0.4) is 0 Å². The highest BCUT2D eigenvalue weighted by atomic mass is 35.5. The molecule has 0 atom stereocenters. The van der Waals surface area contributed by atoms with E-state index in [2.05, 4.69) is 4.98 Å². The van der Waals surface area contributed by atoms with Gasteiger partial charge < -0.3 is 15.0 Å². The van der Waals surface area contributed by atoms with Crippen molar-refractivity contribution in [3.05, 3.63) is 73.7 Å². The summed E-state index contributed by atoms with van der Waals surface area (Å²) < 4.78 is 1.72. The molecule has 1 amide bonds. The first kappa shape index (κ1) is 22.2. The second kappa shape index (κ2) is 10.0. The number of amides is 1. The summed E-state index contributed by atoms with van der Waals surface area (Å²) in [4.78, 5) is 30.6. The molecule has 0 saturated heterocycles. The number of nitrogens with zero attached hydrogens (tertiary/aromatic N) is 2. The molecule has 8 heteroatoms. The first-order valence-corrected chi connectivity index (χ1v) is 10.6. The minimum absolute atomic E-state index is 0.0990. The third-order valence-corrected chi connectivity index (χ3v) is 5.65. The number of aliphatic hydroxyl groups is 1. The van der Waals surface area contributed by atoms with E-state index < -0.39 is 0 Å². The van der Waals surface area contributed by atoms with Gasteiger partial charge in [0.25, 0.3) is 11.5 Å². The summed E-state index contributed by atoms with van der Waals surface area (Å²) in [5.41, 5.74) is 1.50. The molecule has 0 unspecified atom stereocenters. The van der Waals surface area contributed by atoms with Crippen molar-refractivity contribution < 1.29 is 9.90 Å². The zero-order chi connectivity index (χ0) is 21.7. The van der Waals surface area contributed by atoms with E-state index in [-0.39, 0.29) is 35.9 Å². The number of nitrogens with one attached hydrogen (secondary N) is 1. The summed E-state index contributed by atoms with van der Waals surface area (Å²) >= 11 is 11.6. The van der Waals surface area contributed by atoms with E-state index >= 15 is 0 Å². The van der Waals surface area contributed by atoms with Gasteiger partial charge in [0.05, 0.1) is 24.1 Å². The highest BCUT2D eigenvalue weighted by Gasteiger charge is 2.16. The first-order chi connectivity index (χ1) is 14.5. The predicted octanol–water partition coefficient (Wildman–Crippen LogP) is 4.00. The van der Waals surface area contributed by atoms with Gasteiger partial charge in [0.15, 0.2) is 4.77 Å². The van der Waals surface area contributed by atoms with Crippen molar-refractivity contribution in [1.29, 1.82) is 0 Å². The minimum atomic E-state index is -0.245. The van der Waals surface area contributed by atoms with Gasteiger partial charge in [-0.05, 0) is 48.5 Å². The lowest BCUT2D eigenvalue weighted by molar-refractivity contribution is 0.0719. The van der Waals surface area contributed by atoms with Crippen molar-refractivity contribution in [3.8, 4) is 0 Å². The summed E-state index contributed by atoms with van der Waals surface area (Å²) in [5, 5.41) is 10.3. The van der Waals surface area contributed by atoms with Crippen LogP contribution in [0.25, 0.3) is 10.9 Å². The van der Waals surface area contributed by atoms with E-state index in [1.54, 1.807) is 29.2 Å². The Morgan fingerprint density at radius 2 is 2.00 bits per heavy atom. The van der Waals surface area contributed by atoms with Crippen LogP contribution in [0, 0.1) is 4.77 Å². The van der Waals surface area contributed by atoms with Crippen LogP contribution < -0.4 is 5.56 Å². The second-order valence-corrected chi connectivity index (χ2v) is 7.84. The summed E-state index contributed by atoms with van der Waals surface area (Å²) in [6, 6.07) is 12.2. The highest BCUT2D eigenvalue weighted by molar-refractivity contribution is 7.71. The van der Waals surface area contributed by atoms with Crippen molar-refractivity contribution in [2.75, 3.05) is 19.7 Å². The largest absolute Gasteiger partial charge is 0.395 e. The van der Waals surface area contributed by atoms with Crippen molar-refractivity contribution in [3.63, 3.8) is 0 Å². The molecule has 0 aliphatic carbocycles. The van der Waals surface area contributed by atoms with E-state index in [1.165, 1.54) is 4.57 Å². The molecule has 0 aliphatic rings. The average molecular weight is 446 g/mol. The van der Waals surface area contributed by atoms with E-state index in [0.29, 0.717) is 28.0 Å². The summed E-state index contributed by atoms with van der Waals surface area (Å²) in [7, 11) is 0. The van der Waals surface area contributed by atoms with Crippen molar-refractivity contribution in [1.82, 2.24) is 14.5 Å². The maximum atomic E-state index is 13.0. The lowest BCUT2D eigenvalue weighted by Crippen LogP contribution is -2.34. The number of unbranched alkanes of at least 4 members (excludes halogenated alkanes) is 1. The van der Waals surface area contributed by atoms with Gasteiger partial charge in [-0.3, -0.25) is 14.2 Å². The monoisotopic (exact) mass is 445 g/mol. The summed E-state index contributed by atoms with van der Waals surface area (Å²) in [5.74, 6) is -0.182. The number of rotatable bonds is 8. The van der Waals surface area contributed by atoms with Gasteiger partial charge in [-0.25, -0.2) is 0 Å². The quantitative estimate of drug-likeness (QED) is 0.514. The fraction of sp³-hybridized carbons (Fsp3) is 0.318. The molecule has 0 bridgehead atoms. The molecule has 2 aromatic carbocycles. The fourth-order valence-electron chi connectivity index (χ4n) is 3.30. The molecule has 0 radical (unpaired) electrons. The van der Waals surface area contributed by atoms with Crippen LogP contribution in [-0.4, -0.2) is 45.2 Å². The van der Waals surface area contributed by atoms with E-state index in [9.17, 15) is 14.7 Å². The smallest absolute Gasteiger partial charge is 0.262 e. The minimum Gasteiger partial charge on any atom is -0.395 e. The zero-order valence-corrected chi connectivity index (χ0v) is 18.3. The van der Waals surface area contributed by atoms with Crippen molar-refractivity contribution in [2.45, 2.75) is 26.3 Å². The van der Waals surface area contributed by atoms with Crippen LogP contribution in [0.2, 0.25) is 5.02 Å². The third kappa shape index (κ3) is 4.80. The van der Waals surface area contributed by atoms with Crippen LogP contribution in [0.1, 0.15) is 35.7 Å². The molecule has 0 fully saturated rings. The molecule has 3 aromatic rings. The van der Waals surface area contributed by atoms with Crippen LogP contribution >= 0.6 is 23.8 Å². The fourth-order valence-corrected chi connectivity index (χ4v) is 3.75. The Hall–Kier alpha value is -2.48. The Morgan fingerprint density at radius 3 is 2.70 bits per heavy atom. The molecule has 2 N–H and O–H groups in total. The number of hydrogen-bond donors (Lipinski definition) is 2. The zero-order valence-electron chi connectivity index (χ0n) is 16.7. The molecule has 1 aromatic heterocycles. The lowest BCUT2D eigenvalue weighted by Gasteiger charge is -2.21. The molecule has 3 rings (SSSR count). The third-order valence-electron chi connectivity index (χ3n) is 4.95. The molecule has 0 saturated carbocycles. The molecule has 158 valence electrons. The first-order valence-electron chi connectivity index (χ1n) is 9.86. The lowest BCUT2D eigenvalue weighted by atomic mass is 10.1. The number of aromatic nitrogens is 2. The number of aromatic amines is 1. The van der Waals surface area contributed by atoms with Gasteiger partial charge in [-0.15, -0.1) is 0 Å². The highest BCUT2D eigenvalue weighted by Crippen LogP contribution is 2.17. The van der Waals surface area contributed by atoms with Crippen LogP contribution in [0.15, 0.2) is 47.3 Å². The Morgan fingerprint density at radius 1 is 1.23 bits per heavy atom. The summed E-state index contributed by atoms with van der Waals surface area (Å²) in [6.45, 7) is 3.05. The number of halogens is 1. The topological polar surface area (TPSA) is 78.3 Å². The number of aliphatic hydroxyl groups excluding tert-OH is 1. The molecule has 6 nitrogen and oxygen atoms in total. The Kier molecular flexibility index (Phi) is 7.42. The number of fused-ring (bicyclic) bond motifs is 1. The van der Waals surface area contributed by atoms with Crippen molar-refractivity contribution in [2.24, 2.45) is 0 Å². The molecule has 30 heavy (non-hydrogen) atoms. The van der Waals surface area contributed by atoms with Gasteiger partial charge >= 0.3 is 0 Å². The SMILES string of the molecule is CCCCN(CCO)C(=O)c1ccc2c(=O)n(Cc3ccccc3Cl)c(=S)[nH]c2c1. The van der Waals surface area contributed by atoms with Crippen LogP contribution in [-0.2, 0) is 6.54 Å². The molecule has 0 spiro atoms. The molecular weight excluding hydrogens is 422 g/mol. The van der Waals surface area contributed by atoms with Crippen LogP contribution in [0.4, 0.5) is 0 Å². The standard InChI is InChI=1S/C22H24ClN3O3S/c1-2-3-10-25(11-12-27)20(28)15-8-9-17-19(13-15)24-22(30)26(21(17)29)14-16-6-4-5-7-18(16)23/h4-9,13,27H,2-3,10-12,14H2,1H3,(H,24,30). The maximum Gasteiger partial charge on any atom is 0.262 e. The van der Waals surface area contributed by atoms with E-state index in [1.807, 2.05) is 25.1 Å². The Bertz CT molecular complexity index is 1170. The number of hydrogen-bond acceptors (Lipinski definition) is 4. The van der Waals surface area contributed by atoms with Crippen molar-refractivity contribution >= 4 is 40.6 Å². The van der Waals surface area contributed by atoms with Crippen LogP contribution in [0.5, 0.6) is 0 Å². The molecule has 0 aliphatic heterocycles. The second-order valence-electron chi connectivity index (χ2n) is 7.04. The van der Waals surface area contributed by atoms with Gasteiger partial charge in [0.2, 0.25) is 0 Å². The van der Waals surface area contributed by atoms with Gasteiger partial charge in [0.1, 0.15) is 0 Å². The van der Waals surface area contributed by atoms with E-state index in [0.717, 1.165) is 18.4 Å². The van der Waals surface area contributed by atoms with E-state index in [4.69, 9.17) is 23.8 Å². The number of benzene rings is 2. The normalized spacial score (nSPS) is 11.0.